The molecule has 1 amide bonds. The van der Waals surface area contributed by atoms with E-state index < -0.39 is 0 Å². The van der Waals surface area contributed by atoms with Gasteiger partial charge in [0.15, 0.2) is 0 Å². The van der Waals surface area contributed by atoms with Gasteiger partial charge in [0.2, 0.25) is 5.91 Å². The number of anilines is 1. The Morgan fingerprint density at radius 1 is 1.12 bits per heavy atom. The van der Waals surface area contributed by atoms with Crippen molar-refractivity contribution in [2.45, 2.75) is 52.0 Å². The van der Waals surface area contributed by atoms with Crippen molar-refractivity contribution in [2.75, 3.05) is 44.7 Å². The molecule has 1 N–H and O–H groups in total. The van der Waals surface area contributed by atoms with Crippen LogP contribution in [0.2, 0.25) is 0 Å². The number of rotatable bonds is 10. The van der Waals surface area contributed by atoms with E-state index in [2.05, 4.69) is 41.1 Å². The molecule has 5 heteroatoms. The van der Waals surface area contributed by atoms with Crippen LogP contribution >= 0.6 is 0 Å². The van der Waals surface area contributed by atoms with Gasteiger partial charge >= 0.3 is 0 Å². The van der Waals surface area contributed by atoms with E-state index in [9.17, 15) is 4.79 Å². The summed E-state index contributed by atoms with van der Waals surface area (Å²) in [6, 6.07) is 8.47. The summed E-state index contributed by atoms with van der Waals surface area (Å²) in [7, 11) is 1.69. The molecule has 1 atom stereocenters. The number of unbranched alkanes of at least 4 members (excludes halogenated alkanes) is 3. The lowest BCUT2D eigenvalue weighted by Crippen LogP contribution is -2.50. The predicted octanol–water partition coefficient (Wildman–Crippen LogP) is 3.29. The van der Waals surface area contributed by atoms with Crippen LogP contribution in [-0.4, -0.2) is 56.7 Å². The first kappa shape index (κ1) is 20.6. The number of benzene rings is 1. The van der Waals surface area contributed by atoms with E-state index in [0.29, 0.717) is 6.54 Å². The van der Waals surface area contributed by atoms with E-state index in [1.807, 2.05) is 12.1 Å². The molecule has 1 aromatic rings. The molecule has 0 spiro atoms. The smallest absolute Gasteiger partial charge is 0.234 e. The summed E-state index contributed by atoms with van der Waals surface area (Å²) in [6.45, 7) is 8.59. The second-order valence-electron chi connectivity index (χ2n) is 7.28. The molecule has 1 saturated heterocycles. The first-order valence-electron chi connectivity index (χ1n) is 10.0. The molecule has 26 heavy (non-hydrogen) atoms. The molecule has 146 valence electrons. The van der Waals surface area contributed by atoms with E-state index in [1.165, 1.54) is 31.4 Å². The maximum atomic E-state index is 12.3. The van der Waals surface area contributed by atoms with Gasteiger partial charge < -0.3 is 15.0 Å². The van der Waals surface area contributed by atoms with Gasteiger partial charge in [-0.3, -0.25) is 9.69 Å². The van der Waals surface area contributed by atoms with Crippen molar-refractivity contribution in [1.29, 1.82) is 0 Å². The normalized spacial score (nSPS) is 16.3. The second kappa shape index (κ2) is 11.1. The summed E-state index contributed by atoms with van der Waals surface area (Å²) in [4.78, 5) is 16.9. The maximum Gasteiger partial charge on any atom is 0.234 e. The summed E-state index contributed by atoms with van der Waals surface area (Å²) in [6.07, 6.45) is 6.10. The Balaban J connectivity index is 1.66. The molecule has 0 radical (unpaired) electrons. The lowest BCUT2D eigenvalue weighted by atomic mass is 10.1. The third kappa shape index (κ3) is 6.87. The van der Waals surface area contributed by atoms with Crippen molar-refractivity contribution in [2.24, 2.45) is 0 Å². The highest BCUT2D eigenvalue weighted by molar-refractivity contribution is 5.78. The van der Waals surface area contributed by atoms with Crippen molar-refractivity contribution in [3.8, 4) is 5.75 Å². The van der Waals surface area contributed by atoms with Gasteiger partial charge in [-0.05, 0) is 37.6 Å². The quantitative estimate of drug-likeness (QED) is 0.650. The SMILES string of the molecule is CCCCCC[C@@H](C)NC(=O)CN1CCN(c2ccc(OC)cc2)CC1. The zero-order chi connectivity index (χ0) is 18.8. The second-order valence-corrected chi connectivity index (χ2v) is 7.28. The van der Waals surface area contributed by atoms with Crippen molar-refractivity contribution in [3.63, 3.8) is 0 Å². The van der Waals surface area contributed by atoms with Gasteiger partial charge in [-0.1, -0.05) is 32.6 Å². The number of methoxy groups -OCH3 is 1. The van der Waals surface area contributed by atoms with E-state index in [4.69, 9.17) is 4.74 Å². The molecule has 0 unspecified atom stereocenters. The van der Waals surface area contributed by atoms with Gasteiger partial charge in [0, 0.05) is 37.9 Å². The topological polar surface area (TPSA) is 44.8 Å². The molecule has 1 aliphatic rings. The van der Waals surface area contributed by atoms with E-state index in [1.54, 1.807) is 7.11 Å². The Morgan fingerprint density at radius 3 is 2.42 bits per heavy atom. The number of carbonyl (C=O) groups is 1. The lowest BCUT2D eigenvalue weighted by Gasteiger charge is -2.36. The number of hydrogen-bond acceptors (Lipinski definition) is 4. The number of carbonyl (C=O) groups excluding carboxylic acids is 1. The van der Waals surface area contributed by atoms with Crippen LogP contribution in [0.4, 0.5) is 5.69 Å². The Bertz CT molecular complexity index is 525. The first-order chi connectivity index (χ1) is 12.6. The van der Waals surface area contributed by atoms with Crippen LogP contribution in [0.5, 0.6) is 5.75 Å². The Hall–Kier alpha value is -1.75. The average Bonchev–Trinajstić information content (AvgIpc) is 2.66. The van der Waals surface area contributed by atoms with Crippen LogP contribution in [0.15, 0.2) is 24.3 Å². The molecule has 0 aromatic heterocycles. The van der Waals surface area contributed by atoms with Crippen LogP contribution in [0.1, 0.15) is 46.0 Å². The maximum absolute atomic E-state index is 12.3. The fourth-order valence-electron chi connectivity index (χ4n) is 3.43. The molecule has 0 aliphatic carbocycles. The third-order valence-corrected chi connectivity index (χ3v) is 5.08. The molecule has 0 bridgehead atoms. The monoisotopic (exact) mass is 361 g/mol. The molecule has 2 rings (SSSR count). The molecule has 1 fully saturated rings. The van der Waals surface area contributed by atoms with Gasteiger partial charge in [0.25, 0.3) is 0 Å². The lowest BCUT2D eigenvalue weighted by molar-refractivity contribution is -0.123. The molecule has 0 saturated carbocycles. The average molecular weight is 362 g/mol. The number of nitrogens with zero attached hydrogens (tertiary/aromatic N) is 2. The highest BCUT2D eigenvalue weighted by atomic mass is 16.5. The Labute approximate surface area is 158 Å². The number of hydrogen-bond donors (Lipinski definition) is 1. The summed E-state index contributed by atoms with van der Waals surface area (Å²) in [5.41, 5.74) is 1.22. The molecule has 1 heterocycles. The molecular formula is C21H35N3O2. The van der Waals surface area contributed by atoms with E-state index >= 15 is 0 Å². The van der Waals surface area contributed by atoms with Crippen LogP contribution < -0.4 is 15.0 Å². The first-order valence-corrected chi connectivity index (χ1v) is 10.0. The predicted molar refractivity (Wildman–Crippen MR) is 108 cm³/mol. The van der Waals surface area contributed by atoms with Gasteiger partial charge in [-0.25, -0.2) is 0 Å². The zero-order valence-electron chi connectivity index (χ0n) is 16.7. The van der Waals surface area contributed by atoms with Crippen molar-refractivity contribution in [1.82, 2.24) is 10.2 Å². The molecule has 1 aromatic carbocycles. The summed E-state index contributed by atoms with van der Waals surface area (Å²) >= 11 is 0. The minimum Gasteiger partial charge on any atom is -0.497 e. The highest BCUT2D eigenvalue weighted by Crippen LogP contribution is 2.20. The Kier molecular flexibility index (Phi) is 8.75. The van der Waals surface area contributed by atoms with E-state index in [-0.39, 0.29) is 11.9 Å². The van der Waals surface area contributed by atoms with Gasteiger partial charge in [0.1, 0.15) is 5.75 Å². The van der Waals surface area contributed by atoms with Crippen molar-refractivity contribution < 1.29 is 9.53 Å². The van der Waals surface area contributed by atoms with Crippen molar-refractivity contribution >= 4 is 11.6 Å². The van der Waals surface area contributed by atoms with Crippen LogP contribution in [0.3, 0.4) is 0 Å². The minimum atomic E-state index is 0.158. The van der Waals surface area contributed by atoms with Crippen molar-refractivity contribution in [3.05, 3.63) is 24.3 Å². The van der Waals surface area contributed by atoms with Crippen LogP contribution in [0.25, 0.3) is 0 Å². The van der Waals surface area contributed by atoms with E-state index in [0.717, 1.165) is 38.3 Å². The van der Waals surface area contributed by atoms with Gasteiger partial charge in [0.05, 0.1) is 13.7 Å². The Morgan fingerprint density at radius 2 is 1.81 bits per heavy atom. The highest BCUT2D eigenvalue weighted by Gasteiger charge is 2.19. The molecular weight excluding hydrogens is 326 g/mol. The minimum absolute atomic E-state index is 0.158. The number of nitrogens with one attached hydrogen (secondary N) is 1. The number of ether oxygens (including phenoxy) is 1. The van der Waals surface area contributed by atoms with Gasteiger partial charge in [-0.15, -0.1) is 0 Å². The largest absolute Gasteiger partial charge is 0.497 e. The fourth-order valence-corrected chi connectivity index (χ4v) is 3.43. The number of amides is 1. The number of piperazine rings is 1. The van der Waals surface area contributed by atoms with Crippen LogP contribution in [0, 0.1) is 0 Å². The molecule has 5 nitrogen and oxygen atoms in total. The zero-order valence-corrected chi connectivity index (χ0v) is 16.7. The fraction of sp³-hybridized carbons (Fsp3) is 0.667. The summed E-state index contributed by atoms with van der Waals surface area (Å²) in [5.74, 6) is 1.04. The summed E-state index contributed by atoms with van der Waals surface area (Å²) < 4.78 is 5.21. The van der Waals surface area contributed by atoms with Gasteiger partial charge in [-0.2, -0.15) is 0 Å². The van der Waals surface area contributed by atoms with Crippen LogP contribution in [-0.2, 0) is 4.79 Å². The molecule has 1 aliphatic heterocycles. The summed E-state index contributed by atoms with van der Waals surface area (Å²) in [5, 5.41) is 3.15. The third-order valence-electron chi connectivity index (χ3n) is 5.08. The standard InChI is InChI=1S/C21H35N3O2/c1-4-5-6-7-8-18(2)22-21(25)17-23-13-15-24(16-14-23)19-9-11-20(26-3)12-10-19/h9-12,18H,4-8,13-17H2,1-3H3,(H,22,25)/t18-/m1/s1.